The van der Waals surface area contributed by atoms with Crippen LogP contribution in [0.1, 0.15) is 22.3 Å². The summed E-state index contributed by atoms with van der Waals surface area (Å²) in [7, 11) is 0. The number of hydrogen-bond acceptors (Lipinski definition) is 5. The van der Waals surface area contributed by atoms with Crippen molar-refractivity contribution >= 4 is 23.6 Å². The van der Waals surface area contributed by atoms with Gasteiger partial charge in [0.05, 0.1) is 11.8 Å². The standard InChI is InChI=1S/C28H25NO5/c30-23(17-9-5-2-6-10-17)15-34-28(33)22(13-16-7-3-1-4-8-16)29-26(31)24-18-11-12-19(21-14-20(18)21)25(24)27(29)32/h1-12,18-22,24-25H,13-15H2. The molecule has 7 unspecified atom stereocenters. The molecule has 1 heterocycles. The maximum absolute atomic E-state index is 13.6. The minimum Gasteiger partial charge on any atom is -0.456 e. The Bertz CT molecular complexity index is 1150. The fourth-order valence-electron chi connectivity index (χ4n) is 6.34. The highest BCUT2D eigenvalue weighted by Crippen LogP contribution is 2.65. The van der Waals surface area contributed by atoms with Crippen molar-refractivity contribution in [1.29, 1.82) is 0 Å². The molecule has 2 saturated carbocycles. The number of carbonyl (C=O) groups is 4. The molecule has 172 valence electrons. The number of hydrogen-bond donors (Lipinski definition) is 0. The van der Waals surface area contributed by atoms with Crippen molar-refractivity contribution in [2.24, 2.45) is 35.5 Å². The van der Waals surface area contributed by atoms with Gasteiger partial charge in [-0.3, -0.25) is 19.3 Å². The SMILES string of the molecule is O=C(COC(=O)C(Cc1ccccc1)N1C(=O)C2C3C=CC(C4CC34)C2C1=O)c1ccccc1. The van der Waals surface area contributed by atoms with Crippen LogP contribution in [0.2, 0.25) is 0 Å². The normalized spacial score (nSPS) is 31.1. The number of imide groups is 1. The molecule has 2 amide bonds. The van der Waals surface area contributed by atoms with Gasteiger partial charge in [0.2, 0.25) is 11.8 Å². The lowest BCUT2D eigenvalue weighted by molar-refractivity contribution is -0.158. The maximum atomic E-state index is 13.6. The molecule has 34 heavy (non-hydrogen) atoms. The highest BCUT2D eigenvalue weighted by molar-refractivity contribution is 6.09. The van der Waals surface area contributed by atoms with Crippen molar-refractivity contribution in [2.75, 3.05) is 6.61 Å². The Morgan fingerprint density at radius 3 is 2.00 bits per heavy atom. The summed E-state index contributed by atoms with van der Waals surface area (Å²) < 4.78 is 5.40. The number of amides is 2. The van der Waals surface area contributed by atoms with Crippen molar-refractivity contribution in [3.8, 4) is 0 Å². The van der Waals surface area contributed by atoms with Crippen LogP contribution in [0.3, 0.4) is 0 Å². The zero-order valence-corrected chi connectivity index (χ0v) is 18.6. The zero-order chi connectivity index (χ0) is 23.4. The van der Waals surface area contributed by atoms with Gasteiger partial charge in [-0.05, 0) is 35.7 Å². The molecule has 6 heteroatoms. The summed E-state index contributed by atoms with van der Waals surface area (Å²) in [6.07, 6.45) is 5.45. The lowest BCUT2D eigenvalue weighted by atomic mass is 9.63. The van der Waals surface area contributed by atoms with Crippen molar-refractivity contribution in [3.05, 3.63) is 83.9 Å². The number of Topliss-reactive ketones (excluding diaryl/α,β-unsaturated/α-hetero) is 1. The summed E-state index contributed by atoms with van der Waals surface area (Å²) in [5.41, 5.74) is 1.26. The second-order valence-corrected chi connectivity index (χ2v) is 9.80. The van der Waals surface area contributed by atoms with Gasteiger partial charge in [-0.2, -0.15) is 0 Å². The quantitative estimate of drug-likeness (QED) is 0.277. The van der Waals surface area contributed by atoms with E-state index in [2.05, 4.69) is 12.2 Å². The topological polar surface area (TPSA) is 80.8 Å². The van der Waals surface area contributed by atoms with E-state index in [0.29, 0.717) is 17.4 Å². The van der Waals surface area contributed by atoms with Crippen LogP contribution < -0.4 is 0 Å². The van der Waals surface area contributed by atoms with E-state index < -0.39 is 18.6 Å². The highest BCUT2D eigenvalue weighted by Gasteiger charge is 2.68. The molecular formula is C28H25NO5. The largest absolute Gasteiger partial charge is 0.456 e. The molecule has 0 radical (unpaired) electrons. The predicted molar refractivity (Wildman–Crippen MR) is 122 cm³/mol. The molecular weight excluding hydrogens is 430 g/mol. The second kappa shape index (κ2) is 8.05. The third-order valence-corrected chi connectivity index (χ3v) is 7.99. The summed E-state index contributed by atoms with van der Waals surface area (Å²) in [5.74, 6) is -1.25. The average molecular weight is 456 g/mol. The predicted octanol–water partition coefficient (Wildman–Crippen LogP) is 3.08. The molecule has 3 fully saturated rings. The van der Waals surface area contributed by atoms with Gasteiger partial charge in [0.15, 0.2) is 12.4 Å². The van der Waals surface area contributed by atoms with Crippen molar-refractivity contribution in [2.45, 2.75) is 18.9 Å². The molecule has 7 rings (SSSR count). The van der Waals surface area contributed by atoms with Crippen molar-refractivity contribution < 1.29 is 23.9 Å². The van der Waals surface area contributed by atoms with Crippen LogP contribution in [0.5, 0.6) is 0 Å². The van der Waals surface area contributed by atoms with Crippen LogP contribution in [0.25, 0.3) is 0 Å². The number of ketones is 1. The van der Waals surface area contributed by atoms with Gasteiger partial charge in [0.1, 0.15) is 6.04 Å². The van der Waals surface area contributed by atoms with Gasteiger partial charge in [0, 0.05) is 12.0 Å². The minimum absolute atomic E-state index is 0.0782. The Balaban J connectivity index is 1.26. The molecule has 0 aromatic heterocycles. The lowest BCUT2D eigenvalue weighted by Crippen LogP contribution is -2.48. The first-order valence-electron chi connectivity index (χ1n) is 11.9. The number of likely N-dealkylation sites (tertiary alicyclic amines) is 1. The van der Waals surface area contributed by atoms with E-state index in [1.807, 2.05) is 30.3 Å². The van der Waals surface area contributed by atoms with E-state index in [-0.39, 0.29) is 47.7 Å². The Morgan fingerprint density at radius 1 is 0.853 bits per heavy atom. The van der Waals surface area contributed by atoms with Crippen LogP contribution in [0.15, 0.2) is 72.8 Å². The molecule has 7 atom stereocenters. The van der Waals surface area contributed by atoms with Gasteiger partial charge < -0.3 is 4.74 Å². The first-order chi connectivity index (χ1) is 16.5. The minimum atomic E-state index is -1.09. The highest BCUT2D eigenvalue weighted by atomic mass is 16.5. The monoisotopic (exact) mass is 455 g/mol. The summed E-state index contributed by atoms with van der Waals surface area (Å²) >= 11 is 0. The van der Waals surface area contributed by atoms with Crippen molar-refractivity contribution in [3.63, 3.8) is 0 Å². The van der Waals surface area contributed by atoms with Crippen LogP contribution in [-0.2, 0) is 25.5 Å². The number of ether oxygens (including phenoxy) is 1. The summed E-state index contributed by atoms with van der Waals surface area (Å²) in [6.45, 7) is -0.436. The molecule has 1 saturated heterocycles. The second-order valence-electron chi connectivity index (χ2n) is 9.80. The summed E-state index contributed by atoms with van der Waals surface area (Å²) in [6, 6.07) is 16.8. The van der Waals surface area contributed by atoms with Crippen LogP contribution >= 0.6 is 0 Å². The fraction of sp³-hybridized carbons (Fsp3) is 0.357. The number of rotatable bonds is 7. The van der Waals surface area contributed by atoms with Gasteiger partial charge in [-0.1, -0.05) is 72.8 Å². The van der Waals surface area contributed by atoms with Gasteiger partial charge >= 0.3 is 5.97 Å². The summed E-state index contributed by atoms with van der Waals surface area (Å²) in [4.78, 5) is 54.1. The molecule has 5 aliphatic rings. The molecule has 0 N–H and O–H groups in total. The van der Waals surface area contributed by atoms with Crippen molar-refractivity contribution in [1.82, 2.24) is 4.90 Å². The molecule has 2 bridgehead atoms. The maximum Gasteiger partial charge on any atom is 0.330 e. The Kier molecular flexibility index (Phi) is 4.97. The van der Waals surface area contributed by atoms with E-state index in [1.54, 1.807) is 30.3 Å². The fourth-order valence-corrected chi connectivity index (χ4v) is 6.34. The van der Waals surface area contributed by atoms with Gasteiger partial charge in [-0.25, -0.2) is 4.79 Å². The molecule has 1 aliphatic heterocycles. The smallest absolute Gasteiger partial charge is 0.330 e. The molecule has 6 nitrogen and oxygen atoms in total. The lowest BCUT2D eigenvalue weighted by Gasteiger charge is -2.37. The Labute approximate surface area is 197 Å². The molecule has 4 aliphatic carbocycles. The average Bonchev–Trinajstić information content (AvgIpc) is 3.65. The van der Waals surface area contributed by atoms with Gasteiger partial charge in [0.25, 0.3) is 0 Å². The Hall–Kier alpha value is -3.54. The number of benzene rings is 2. The molecule has 2 aromatic rings. The summed E-state index contributed by atoms with van der Waals surface area (Å²) in [5, 5.41) is 0. The molecule has 0 spiro atoms. The van der Waals surface area contributed by atoms with E-state index in [9.17, 15) is 19.2 Å². The van der Waals surface area contributed by atoms with E-state index in [1.165, 1.54) is 0 Å². The Morgan fingerprint density at radius 2 is 1.41 bits per heavy atom. The van der Waals surface area contributed by atoms with E-state index in [0.717, 1.165) is 16.9 Å². The van der Waals surface area contributed by atoms with Crippen LogP contribution in [0.4, 0.5) is 0 Å². The van der Waals surface area contributed by atoms with Gasteiger partial charge in [-0.15, -0.1) is 0 Å². The van der Waals surface area contributed by atoms with Crippen LogP contribution in [-0.4, -0.2) is 41.1 Å². The number of allylic oxidation sites excluding steroid dienone is 2. The number of nitrogens with zero attached hydrogens (tertiary/aromatic N) is 1. The number of carbonyl (C=O) groups excluding carboxylic acids is 4. The van der Waals surface area contributed by atoms with E-state index >= 15 is 0 Å². The third-order valence-electron chi connectivity index (χ3n) is 7.99. The van der Waals surface area contributed by atoms with E-state index in [4.69, 9.17) is 4.74 Å². The first kappa shape index (κ1) is 21.0. The number of esters is 1. The third kappa shape index (κ3) is 3.31. The molecule has 2 aromatic carbocycles. The first-order valence-corrected chi connectivity index (χ1v) is 11.9. The van der Waals surface area contributed by atoms with Crippen LogP contribution in [0, 0.1) is 35.5 Å². The zero-order valence-electron chi connectivity index (χ0n) is 18.6.